The van der Waals surface area contributed by atoms with E-state index in [4.69, 9.17) is 0 Å². The first-order valence-corrected chi connectivity index (χ1v) is 4.09. The SMILES string of the molecule is CCC(C)[C@@H](C)C(C)C. The van der Waals surface area contributed by atoms with Crippen LogP contribution in [0.25, 0.3) is 0 Å². The van der Waals surface area contributed by atoms with Crippen molar-refractivity contribution >= 4 is 0 Å². The Morgan fingerprint density at radius 1 is 1.00 bits per heavy atom. The van der Waals surface area contributed by atoms with Gasteiger partial charge in [0.15, 0.2) is 0 Å². The Balaban J connectivity index is 3.58. The molecule has 0 radical (unpaired) electrons. The standard InChI is InChI=1S/C9H20/c1-6-8(4)9(5)7(2)3/h7-9H,6H2,1-5H3/t8?,9-/m0/s1. The van der Waals surface area contributed by atoms with Crippen LogP contribution in [0.4, 0.5) is 0 Å². The van der Waals surface area contributed by atoms with Gasteiger partial charge in [-0.1, -0.05) is 41.0 Å². The molecule has 0 heterocycles. The smallest absolute Gasteiger partial charge is 0.0394 e. The van der Waals surface area contributed by atoms with Gasteiger partial charge in [0.05, 0.1) is 0 Å². The number of rotatable bonds is 3. The molecule has 0 amide bonds. The minimum atomic E-state index is 0.847. The third kappa shape index (κ3) is 2.88. The zero-order valence-electron chi connectivity index (χ0n) is 7.44. The van der Waals surface area contributed by atoms with Crippen LogP contribution in [-0.4, -0.2) is 0 Å². The Labute approximate surface area is 59.7 Å². The van der Waals surface area contributed by atoms with Crippen molar-refractivity contribution in [1.29, 1.82) is 0 Å². The highest BCUT2D eigenvalue weighted by Crippen LogP contribution is 2.21. The van der Waals surface area contributed by atoms with E-state index in [1.54, 1.807) is 0 Å². The topological polar surface area (TPSA) is 0 Å². The van der Waals surface area contributed by atoms with Crippen LogP contribution in [-0.2, 0) is 0 Å². The molecular formula is C9H20. The van der Waals surface area contributed by atoms with Gasteiger partial charge in [0.1, 0.15) is 0 Å². The summed E-state index contributed by atoms with van der Waals surface area (Å²) in [5, 5.41) is 0. The van der Waals surface area contributed by atoms with Crippen molar-refractivity contribution < 1.29 is 0 Å². The summed E-state index contributed by atoms with van der Waals surface area (Å²) in [4.78, 5) is 0. The van der Waals surface area contributed by atoms with E-state index >= 15 is 0 Å². The lowest BCUT2D eigenvalue weighted by atomic mass is 9.85. The Morgan fingerprint density at radius 2 is 1.44 bits per heavy atom. The summed E-state index contributed by atoms with van der Waals surface area (Å²) in [5.41, 5.74) is 0. The molecule has 0 aromatic rings. The van der Waals surface area contributed by atoms with Crippen molar-refractivity contribution in [2.24, 2.45) is 17.8 Å². The summed E-state index contributed by atoms with van der Waals surface area (Å²) in [7, 11) is 0. The maximum Gasteiger partial charge on any atom is -0.0394 e. The molecule has 0 aromatic heterocycles. The lowest BCUT2D eigenvalue weighted by Crippen LogP contribution is -2.12. The molecule has 0 aromatic carbocycles. The molecule has 2 atom stereocenters. The van der Waals surface area contributed by atoms with E-state index in [-0.39, 0.29) is 0 Å². The fraction of sp³-hybridized carbons (Fsp3) is 1.00. The summed E-state index contributed by atoms with van der Waals surface area (Å²) in [6, 6.07) is 0. The summed E-state index contributed by atoms with van der Waals surface area (Å²) >= 11 is 0. The minimum absolute atomic E-state index is 0.847. The average Bonchev–Trinajstić information content (AvgIpc) is 1.84. The lowest BCUT2D eigenvalue weighted by Gasteiger charge is -2.21. The van der Waals surface area contributed by atoms with Crippen LogP contribution >= 0.6 is 0 Å². The summed E-state index contributed by atoms with van der Waals surface area (Å²) in [6.45, 7) is 11.6. The first kappa shape index (κ1) is 9.00. The number of hydrogen-bond donors (Lipinski definition) is 0. The molecule has 0 N–H and O–H groups in total. The molecule has 1 unspecified atom stereocenters. The van der Waals surface area contributed by atoms with Gasteiger partial charge in [-0.2, -0.15) is 0 Å². The Bertz CT molecular complexity index is 64.4. The largest absolute Gasteiger partial charge is 0.0651 e. The van der Waals surface area contributed by atoms with Gasteiger partial charge in [0.2, 0.25) is 0 Å². The third-order valence-electron chi connectivity index (χ3n) is 2.59. The van der Waals surface area contributed by atoms with E-state index in [9.17, 15) is 0 Å². The van der Waals surface area contributed by atoms with Crippen molar-refractivity contribution in [2.75, 3.05) is 0 Å². The van der Waals surface area contributed by atoms with Gasteiger partial charge in [-0.15, -0.1) is 0 Å². The van der Waals surface area contributed by atoms with Gasteiger partial charge in [-0.25, -0.2) is 0 Å². The Kier molecular flexibility index (Phi) is 3.92. The predicted molar refractivity (Wildman–Crippen MR) is 43.5 cm³/mol. The summed E-state index contributed by atoms with van der Waals surface area (Å²) in [6.07, 6.45) is 1.32. The van der Waals surface area contributed by atoms with E-state index in [0.29, 0.717) is 0 Å². The van der Waals surface area contributed by atoms with Crippen molar-refractivity contribution in [2.45, 2.75) is 41.0 Å². The van der Waals surface area contributed by atoms with Gasteiger partial charge in [0, 0.05) is 0 Å². The highest BCUT2D eigenvalue weighted by Gasteiger charge is 2.12. The summed E-state index contributed by atoms with van der Waals surface area (Å²) in [5.74, 6) is 2.62. The van der Waals surface area contributed by atoms with Crippen molar-refractivity contribution in [3.8, 4) is 0 Å². The maximum absolute atomic E-state index is 2.35. The van der Waals surface area contributed by atoms with Gasteiger partial charge < -0.3 is 0 Å². The van der Waals surface area contributed by atoms with Gasteiger partial charge in [0.25, 0.3) is 0 Å². The van der Waals surface area contributed by atoms with Gasteiger partial charge >= 0.3 is 0 Å². The highest BCUT2D eigenvalue weighted by atomic mass is 14.2. The Morgan fingerprint density at radius 3 is 1.56 bits per heavy atom. The second kappa shape index (κ2) is 3.92. The molecule has 0 fully saturated rings. The second-order valence-corrected chi connectivity index (χ2v) is 3.49. The maximum atomic E-state index is 2.35. The van der Waals surface area contributed by atoms with Crippen LogP contribution in [0.15, 0.2) is 0 Å². The molecule has 0 aliphatic carbocycles. The van der Waals surface area contributed by atoms with E-state index in [1.807, 2.05) is 0 Å². The van der Waals surface area contributed by atoms with E-state index in [0.717, 1.165) is 17.8 Å². The highest BCUT2D eigenvalue weighted by molar-refractivity contribution is 4.62. The zero-order chi connectivity index (χ0) is 7.44. The summed E-state index contributed by atoms with van der Waals surface area (Å²) < 4.78 is 0. The molecule has 0 bridgehead atoms. The number of hydrogen-bond acceptors (Lipinski definition) is 0. The van der Waals surface area contributed by atoms with Crippen LogP contribution in [0.3, 0.4) is 0 Å². The fourth-order valence-electron chi connectivity index (χ4n) is 1.03. The van der Waals surface area contributed by atoms with Crippen LogP contribution in [0.2, 0.25) is 0 Å². The molecule has 56 valence electrons. The molecule has 0 nitrogen and oxygen atoms in total. The zero-order valence-corrected chi connectivity index (χ0v) is 7.44. The minimum Gasteiger partial charge on any atom is -0.0651 e. The monoisotopic (exact) mass is 128 g/mol. The molecule has 0 aliphatic heterocycles. The second-order valence-electron chi connectivity index (χ2n) is 3.49. The van der Waals surface area contributed by atoms with Crippen LogP contribution in [0, 0.1) is 17.8 Å². The molecule has 0 heteroatoms. The first-order valence-electron chi connectivity index (χ1n) is 4.09. The van der Waals surface area contributed by atoms with Crippen molar-refractivity contribution in [3.05, 3.63) is 0 Å². The third-order valence-corrected chi connectivity index (χ3v) is 2.59. The van der Waals surface area contributed by atoms with Crippen LogP contribution < -0.4 is 0 Å². The quantitative estimate of drug-likeness (QED) is 0.547. The fourth-order valence-corrected chi connectivity index (χ4v) is 1.03. The molecule has 0 spiro atoms. The van der Waals surface area contributed by atoms with Crippen LogP contribution in [0.1, 0.15) is 41.0 Å². The molecule has 0 saturated heterocycles. The normalized spacial score (nSPS) is 18.0. The molecular weight excluding hydrogens is 108 g/mol. The van der Waals surface area contributed by atoms with Gasteiger partial charge in [-0.3, -0.25) is 0 Å². The van der Waals surface area contributed by atoms with E-state index < -0.39 is 0 Å². The van der Waals surface area contributed by atoms with Gasteiger partial charge in [-0.05, 0) is 17.8 Å². The Hall–Kier alpha value is 0. The van der Waals surface area contributed by atoms with Crippen LogP contribution in [0.5, 0.6) is 0 Å². The first-order chi connectivity index (χ1) is 4.09. The molecule has 0 aliphatic rings. The van der Waals surface area contributed by atoms with Crippen molar-refractivity contribution in [1.82, 2.24) is 0 Å². The average molecular weight is 128 g/mol. The molecule has 0 rings (SSSR count). The van der Waals surface area contributed by atoms with E-state index in [1.165, 1.54) is 6.42 Å². The predicted octanol–water partition coefficient (Wildman–Crippen LogP) is 3.32. The van der Waals surface area contributed by atoms with E-state index in [2.05, 4.69) is 34.6 Å². The van der Waals surface area contributed by atoms with Crippen molar-refractivity contribution in [3.63, 3.8) is 0 Å². The molecule has 9 heavy (non-hydrogen) atoms. The lowest BCUT2D eigenvalue weighted by molar-refractivity contribution is 0.289. The molecule has 0 saturated carbocycles.